The molecule has 0 aliphatic carbocycles. The van der Waals surface area contributed by atoms with Gasteiger partial charge in [0.2, 0.25) is 0 Å². The van der Waals surface area contributed by atoms with Crippen LogP contribution in [0.1, 0.15) is 13.8 Å². The largest absolute Gasteiger partial charge is 0.493 e. The van der Waals surface area contributed by atoms with Gasteiger partial charge in [-0.25, -0.2) is 9.59 Å². The Balaban J connectivity index is 2.12. The molecule has 0 aliphatic heterocycles. The van der Waals surface area contributed by atoms with Crippen LogP contribution in [0.3, 0.4) is 0 Å². The maximum atomic E-state index is 11.5. The highest BCUT2D eigenvalue weighted by Gasteiger charge is 2.18. The van der Waals surface area contributed by atoms with Crippen molar-refractivity contribution in [1.82, 2.24) is 0 Å². The Morgan fingerprint density at radius 2 is 1.32 bits per heavy atom. The number of aliphatic hydroxyl groups excluding tert-OH is 2. The Morgan fingerprint density at radius 1 is 0.824 bits per heavy atom. The number of hydrogen-bond donors (Lipinski definition) is 2. The van der Waals surface area contributed by atoms with Gasteiger partial charge in [0.15, 0.2) is 11.5 Å². The van der Waals surface area contributed by atoms with E-state index in [4.69, 9.17) is 23.7 Å². The van der Waals surface area contributed by atoms with Crippen molar-refractivity contribution in [1.29, 1.82) is 0 Å². The third kappa shape index (κ3) is 7.50. The summed E-state index contributed by atoms with van der Waals surface area (Å²) in [4.78, 5) is 23.0. The zero-order valence-corrected chi connectivity index (χ0v) is 19.5. The molecule has 0 bridgehead atoms. The molecule has 2 rings (SSSR count). The van der Waals surface area contributed by atoms with Gasteiger partial charge in [0.05, 0.1) is 7.11 Å². The molecule has 0 radical (unpaired) electrons. The summed E-state index contributed by atoms with van der Waals surface area (Å²) in [5, 5.41) is 21.6. The minimum absolute atomic E-state index is 0.135. The number of carbonyl (C=O) groups excluding carboxylic acids is 2. The minimum Gasteiger partial charge on any atom is -0.493 e. The van der Waals surface area contributed by atoms with E-state index >= 15 is 0 Å². The van der Waals surface area contributed by atoms with Crippen LogP contribution in [0.5, 0.6) is 17.2 Å². The SMILES string of the molecule is C=C(C)C(=O)OCC(O)COc1cc(OC)c(OCC(O)COC(=O)C(=C)C)c2ccccc12. The number of ether oxygens (including phenoxy) is 5. The van der Waals surface area contributed by atoms with Crippen LogP contribution in [0.2, 0.25) is 0 Å². The van der Waals surface area contributed by atoms with Crippen molar-refractivity contribution in [3.63, 3.8) is 0 Å². The number of benzene rings is 2. The molecule has 9 heteroatoms. The molecule has 0 spiro atoms. The fourth-order valence-corrected chi connectivity index (χ4v) is 2.76. The molecule has 0 aromatic heterocycles. The van der Waals surface area contributed by atoms with E-state index in [9.17, 15) is 19.8 Å². The summed E-state index contributed by atoms with van der Waals surface area (Å²) in [6.45, 7) is 9.22. The molecule has 34 heavy (non-hydrogen) atoms. The highest BCUT2D eigenvalue weighted by Crippen LogP contribution is 2.41. The molecule has 0 amide bonds. The van der Waals surface area contributed by atoms with E-state index in [1.807, 2.05) is 6.07 Å². The highest BCUT2D eigenvalue weighted by atomic mass is 16.6. The second-order valence-electron chi connectivity index (χ2n) is 7.64. The third-order valence-corrected chi connectivity index (χ3v) is 4.50. The zero-order valence-electron chi connectivity index (χ0n) is 19.5. The van der Waals surface area contributed by atoms with Crippen LogP contribution < -0.4 is 14.2 Å². The van der Waals surface area contributed by atoms with Gasteiger partial charge >= 0.3 is 11.9 Å². The topological polar surface area (TPSA) is 121 Å². The molecule has 2 N–H and O–H groups in total. The van der Waals surface area contributed by atoms with E-state index in [1.54, 1.807) is 24.3 Å². The lowest BCUT2D eigenvalue weighted by atomic mass is 10.1. The number of aliphatic hydroxyl groups is 2. The zero-order chi connectivity index (χ0) is 25.3. The van der Waals surface area contributed by atoms with Crippen LogP contribution >= 0.6 is 0 Å². The summed E-state index contributed by atoms with van der Waals surface area (Å²) in [6.07, 6.45) is -2.12. The first-order valence-corrected chi connectivity index (χ1v) is 10.5. The quantitative estimate of drug-likeness (QED) is 0.333. The van der Waals surface area contributed by atoms with Crippen molar-refractivity contribution in [3.8, 4) is 17.2 Å². The highest BCUT2D eigenvalue weighted by molar-refractivity contribution is 5.95. The summed E-state index contributed by atoms with van der Waals surface area (Å²) in [5.41, 5.74) is 0.467. The molecule has 2 unspecified atom stereocenters. The molecule has 0 saturated carbocycles. The lowest BCUT2D eigenvalue weighted by Crippen LogP contribution is -2.26. The van der Waals surface area contributed by atoms with Crippen molar-refractivity contribution < 1.29 is 43.5 Å². The molecule has 184 valence electrons. The fraction of sp³-hybridized carbons (Fsp3) is 0.360. The van der Waals surface area contributed by atoms with E-state index in [-0.39, 0.29) is 37.6 Å². The van der Waals surface area contributed by atoms with Gasteiger partial charge in [-0.1, -0.05) is 37.4 Å². The second kappa shape index (κ2) is 12.6. The summed E-state index contributed by atoms with van der Waals surface area (Å²) in [6, 6.07) is 8.80. The molecule has 2 aromatic rings. The summed E-state index contributed by atoms with van der Waals surface area (Å²) < 4.78 is 26.9. The lowest BCUT2D eigenvalue weighted by Gasteiger charge is -2.19. The average Bonchev–Trinajstić information content (AvgIpc) is 2.82. The van der Waals surface area contributed by atoms with Crippen molar-refractivity contribution >= 4 is 22.7 Å². The monoisotopic (exact) mass is 474 g/mol. The van der Waals surface area contributed by atoms with E-state index in [2.05, 4.69) is 13.2 Å². The first-order valence-electron chi connectivity index (χ1n) is 10.5. The number of fused-ring (bicyclic) bond motifs is 1. The van der Waals surface area contributed by atoms with Gasteiger partial charge < -0.3 is 33.9 Å². The van der Waals surface area contributed by atoms with E-state index in [0.29, 0.717) is 28.0 Å². The van der Waals surface area contributed by atoms with E-state index < -0.39 is 24.1 Å². The van der Waals surface area contributed by atoms with Gasteiger partial charge in [-0.05, 0) is 13.8 Å². The summed E-state index contributed by atoms with van der Waals surface area (Å²) >= 11 is 0. The van der Waals surface area contributed by atoms with Crippen LogP contribution in [0.4, 0.5) is 0 Å². The third-order valence-electron chi connectivity index (χ3n) is 4.50. The second-order valence-corrected chi connectivity index (χ2v) is 7.64. The first kappa shape index (κ1) is 26.7. The molecule has 9 nitrogen and oxygen atoms in total. The number of hydrogen-bond acceptors (Lipinski definition) is 9. The van der Waals surface area contributed by atoms with Gasteiger partial charge in [0.25, 0.3) is 0 Å². The fourth-order valence-electron chi connectivity index (χ4n) is 2.76. The first-order chi connectivity index (χ1) is 16.1. The normalized spacial score (nSPS) is 12.4. The Hall–Kier alpha value is -3.56. The molecular weight excluding hydrogens is 444 g/mol. The van der Waals surface area contributed by atoms with Crippen LogP contribution in [-0.2, 0) is 19.1 Å². The number of rotatable bonds is 13. The summed E-state index contributed by atoms with van der Waals surface area (Å²) in [7, 11) is 1.46. The minimum atomic E-state index is -1.07. The molecule has 0 fully saturated rings. The Kier molecular flexibility index (Phi) is 9.91. The Labute approximate surface area is 198 Å². The van der Waals surface area contributed by atoms with Crippen molar-refractivity contribution in [2.24, 2.45) is 0 Å². The number of esters is 2. The number of methoxy groups -OCH3 is 1. The molecule has 2 aromatic carbocycles. The van der Waals surface area contributed by atoms with E-state index in [1.165, 1.54) is 21.0 Å². The average molecular weight is 475 g/mol. The maximum absolute atomic E-state index is 11.5. The van der Waals surface area contributed by atoms with E-state index in [0.717, 1.165) is 0 Å². The van der Waals surface area contributed by atoms with Crippen LogP contribution in [0.25, 0.3) is 10.8 Å². The van der Waals surface area contributed by atoms with Gasteiger partial charge in [-0.2, -0.15) is 0 Å². The van der Waals surface area contributed by atoms with Gasteiger partial charge in [-0.3, -0.25) is 0 Å². The molecule has 2 atom stereocenters. The van der Waals surface area contributed by atoms with Crippen molar-refractivity contribution in [3.05, 3.63) is 54.6 Å². The van der Waals surface area contributed by atoms with Crippen LogP contribution in [0, 0.1) is 0 Å². The molecule has 0 aliphatic rings. The van der Waals surface area contributed by atoms with Crippen LogP contribution in [-0.4, -0.2) is 67.9 Å². The Bertz CT molecular complexity index is 1040. The van der Waals surface area contributed by atoms with Crippen LogP contribution in [0.15, 0.2) is 54.6 Å². The standard InChI is InChI=1S/C25H30O9/c1-15(2)24(28)33-13-17(26)11-31-21-10-22(30-5)23(20-9-7-6-8-19(20)21)32-12-18(27)14-34-25(29)16(3)4/h6-10,17-18,26-27H,1,3,11-14H2,2,4-5H3. The lowest BCUT2D eigenvalue weighted by molar-refractivity contribution is -0.143. The molecule has 0 heterocycles. The van der Waals surface area contributed by atoms with Gasteiger partial charge in [0.1, 0.15) is 44.4 Å². The maximum Gasteiger partial charge on any atom is 0.333 e. The van der Waals surface area contributed by atoms with Crippen molar-refractivity contribution in [2.75, 3.05) is 33.5 Å². The predicted octanol–water partition coefficient (Wildman–Crippen LogP) is 2.57. The Morgan fingerprint density at radius 3 is 1.82 bits per heavy atom. The van der Waals surface area contributed by atoms with Crippen molar-refractivity contribution in [2.45, 2.75) is 26.1 Å². The molecular formula is C25H30O9. The van der Waals surface area contributed by atoms with Gasteiger partial charge in [0, 0.05) is 28.0 Å². The smallest absolute Gasteiger partial charge is 0.333 e. The predicted molar refractivity (Wildman–Crippen MR) is 125 cm³/mol. The number of carbonyl (C=O) groups is 2. The molecule has 0 saturated heterocycles. The summed E-state index contributed by atoms with van der Waals surface area (Å²) in [5.74, 6) is -0.0693. The van der Waals surface area contributed by atoms with Gasteiger partial charge in [-0.15, -0.1) is 0 Å².